The summed E-state index contributed by atoms with van der Waals surface area (Å²) in [5, 5.41) is 25.7. The van der Waals surface area contributed by atoms with E-state index in [0.717, 1.165) is 24.3 Å². The molecule has 2 heterocycles. The molecule has 1 aromatic rings. The van der Waals surface area contributed by atoms with Gasteiger partial charge in [0, 0.05) is 24.0 Å². The Bertz CT molecular complexity index is 954. The molecule has 8 nitrogen and oxygen atoms in total. The van der Waals surface area contributed by atoms with Crippen LogP contribution in [0.2, 0.25) is 0 Å². The molecule has 0 saturated heterocycles. The number of rotatable bonds is 6. The van der Waals surface area contributed by atoms with Gasteiger partial charge in [-0.2, -0.15) is 20.2 Å². The minimum atomic E-state index is -3.68. The summed E-state index contributed by atoms with van der Waals surface area (Å²) in [5.41, 5.74) is -10.1. The quantitative estimate of drug-likeness (QED) is 0.584. The Hall–Kier alpha value is -3.14. The van der Waals surface area contributed by atoms with Crippen molar-refractivity contribution in [3.63, 3.8) is 0 Å². The minimum Gasteiger partial charge on any atom is -0.364 e. The minimum absolute atomic E-state index is 0.231. The lowest BCUT2D eigenvalue weighted by Crippen LogP contribution is -2.52. The molecule has 0 spiro atoms. The van der Waals surface area contributed by atoms with Crippen LogP contribution in [-0.4, -0.2) is 80.6 Å². The highest BCUT2D eigenvalue weighted by Crippen LogP contribution is 2.36. The Labute approximate surface area is 184 Å². The van der Waals surface area contributed by atoms with E-state index < -0.39 is 84.4 Å². The van der Waals surface area contributed by atoms with Crippen molar-refractivity contribution in [1.82, 2.24) is 10.0 Å². The number of carbonyl (C=O) groups excluding carboxylic acids is 2. The first-order valence-corrected chi connectivity index (χ1v) is 9.23. The predicted molar refractivity (Wildman–Crippen MR) is 96.8 cm³/mol. The first-order chi connectivity index (χ1) is 15.7. The van der Waals surface area contributed by atoms with Crippen molar-refractivity contribution in [3.8, 4) is 0 Å². The van der Waals surface area contributed by atoms with Crippen molar-refractivity contribution in [2.75, 3.05) is 0 Å². The lowest BCUT2D eigenvalue weighted by Gasteiger charge is -2.30. The number of nitrogens with zero attached hydrogens (tertiary/aromatic N) is 4. The number of hydrazone groups is 2. The Morgan fingerprint density at radius 3 is 1.24 bits per heavy atom. The molecule has 0 radical (unpaired) electrons. The second kappa shape index (κ2) is 8.90. The Morgan fingerprint density at radius 2 is 1.00 bits per heavy atom. The van der Waals surface area contributed by atoms with E-state index in [4.69, 9.17) is 0 Å². The van der Waals surface area contributed by atoms with E-state index in [1.807, 2.05) is 0 Å². The summed E-state index contributed by atoms with van der Waals surface area (Å²) in [6.45, 7) is 0. The van der Waals surface area contributed by atoms with Crippen molar-refractivity contribution >= 4 is 23.2 Å². The van der Waals surface area contributed by atoms with Crippen LogP contribution in [0.4, 0.5) is 35.1 Å². The number of halogens is 8. The third-order valence-electron chi connectivity index (χ3n) is 5.04. The molecule has 2 atom stereocenters. The number of benzene rings is 1. The van der Waals surface area contributed by atoms with Gasteiger partial charge in [-0.3, -0.25) is 9.59 Å². The number of hydrogen-bond acceptors (Lipinski definition) is 6. The van der Waals surface area contributed by atoms with Crippen LogP contribution >= 0.6 is 0 Å². The van der Waals surface area contributed by atoms with Crippen LogP contribution < -0.4 is 0 Å². The number of carbonyl (C=O) groups is 2. The summed E-state index contributed by atoms with van der Waals surface area (Å²) < 4.78 is 105. The molecule has 2 aliphatic heterocycles. The fourth-order valence-electron chi connectivity index (χ4n) is 3.21. The smallest absolute Gasteiger partial charge is 0.287 e. The van der Waals surface area contributed by atoms with Crippen molar-refractivity contribution in [2.45, 2.75) is 50.0 Å². The van der Waals surface area contributed by atoms with E-state index in [2.05, 4.69) is 10.2 Å². The highest BCUT2D eigenvalue weighted by molar-refractivity contribution is 6.01. The van der Waals surface area contributed by atoms with Crippen molar-refractivity contribution in [2.24, 2.45) is 10.2 Å². The van der Waals surface area contributed by atoms with E-state index in [1.165, 1.54) is 0 Å². The van der Waals surface area contributed by atoms with Gasteiger partial charge in [-0.05, 0) is 24.3 Å². The molecular formula is C18H14F8N4O4. The van der Waals surface area contributed by atoms with Crippen LogP contribution in [0.1, 0.15) is 33.6 Å². The third kappa shape index (κ3) is 4.22. The standard InChI is InChI=1S/C18H14F8N4O4/c19-11(20)9-5-17(33,15(23)24)29(27-9)13(31)7-1-2-8(4-3-7)14(32)30-18(34,16(25)26)6-10(28-30)12(21)22/h1-4,11-12,15-16,33-34H,5-6H2/t17-,18-/m0/s1. The summed E-state index contributed by atoms with van der Waals surface area (Å²) >= 11 is 0. The van der Waals surface area contributed by atoms with Crippen molar-refractivity contribution in [1.29, 1.82) is 0 Å². The molecule has 2 amide bonds. The van der Waals surface area contributed by atoms with Crippen molar-refractivity contribution < 1.29 is 54.9 Å². The third-order valence-corrected chi connectivity index (χ3v) is 5.04. The second-order valence-electron chi connectivity index (χ2n) is 7.31. The first-order valence-electron chi connectivity index (χ1n) is 9.23. The lowest BCUT2D eigenvalue weighted by molar-refractivity contribution is -0.164. The van der Waals surface area contributed by atoms with Gasteiger partial charge in [0.1, 0.15) is 11.4 Å². The van der Waals surface area contributed by atoms with Gasteiger partial charge in [-0.25, -0.2) is 35.1 Å². The SMILES string of the molecule is O=C(c1ccc(C(=O)N2N=C(C(F)F)C[C@]2(O)C(F)F)cc1)N1N=C(C(F)F)C[C@]1(O)C(F)F. The molecule has 0 unspecified atom stereocenters. The number of hydrogen-bond donors (Lipinski definition) is 2. The summed E-state index contributed by atoms with van der Waals surface area (Å²) in [6.07, 6.45) is -16.7. The highest BCUT2D eigenvalue weighted by atomic mass is 19.3. The van der Waals surface area contributed by atoms with Gasteiger partial charge < -0.3 is 10.2 Å². The van der Waals surface area contributed by atoms with Gasteiger partial charge in [0.2, 0.25) is 11.4 Å². The molecule has 16 heteroatoms. The average molecular weight is 502 g/mol. The fraction of sp³-hybridized carbons (Fsp3) is 0.444. The van der Waals surface area contributed by atoms with E-state index in [-0.39, 0.29) is 10.0 Å². The normalized spacial score (nSPS) is 25.1. The molecule has 0 saturated carbocycles. The highest BCUT2D eigenvalue weighted by Gasteiger charge is 2.54. The molecule has 34 heavy (non-hydrogen) atoms. The summed E-state index contributed by atoms with van der Waals surface area (Å²) in [5.74, 6) is -2.92. The van der Waals surface area contributed by atoms with Gasteiger partial charge in [-0.15, -0.1) is 0 Å². The van der Waals surface area contributed by atoms with E-state index in [1.54, 1.807) is 0 Å². The molecule has 3 rings (SSSR count). The molecule has 1 aromatic carbocycles. The van der Waals surface area contributed by atoms with Crippen LogP contribution in [-0.2, 0) is 0 Å². The van der Waals surface area contributed by atoms with Gasteiger partial charge in [0.15, 0.2) is 0 Å². The van der Waals surface area contributed by atoms with Crippen LogP contribution in [0.5, 0.6) is 0 Å². The number of amides is 2. The monoisotopic (exact) mass is 502 g/mol. The summed E-state index contributed by atoms with van der Waals surface area (Å²) in [4.78, 5) is 25.0. The fourth-order valence-corrected chi connectivity index (χ4v) is 3.21. The molecule has 0 fully saturated rings. The Morgan fingerprint density at radius 1 is 0.706 bits per heavy atom. The maximum atomic E-state index is 13.3. The topological polar surface area (TPSA) is 106 Å². The molecule has 2 N–H and O–H groups in total. The van der Waals surface area contributed by atoms with E-state index in [9.17, 15) is 54.9 Å². The summed E-state index contributed by atoms with van der Waals surface area (Å²) in [7, 11) is 0. The largest absolute Gasteiger partial charge is 0.364 e. The van der Waals surface area contributed by atoms with Gasteiger partial charge in [0.05, 0.1) is 0 Å². The van der Waals surface area contributed by atoms with Gasteiger partial charge in [-0.1, -0.05) is 0 Å². The summed E-state index contributed by atoms with van der Waals surface area (Å²) in [6, 6.07) is 3.14. The zero-order valence-electron chi connectivity index (χ0n) is 16.6. The van der Waals surface area contributed by atoms with E-state index in [0.29, 0.717) is 0 Å². The van der Waals surface area contributed by atoms with Crippen LogP contribution in [0.15, 0.2) is 34.5 Å². The molecule has 0 bridgehead atoms. The zero-order valence-corrected chi connectivity index (χ0v) is 16.6. The van der Waals surface area contributed by atoms with Gasteiger partial charge in [0.25, 0.3) is 37.5 Å². The van der Waals surface area contributed by atoms with Gasteiger partial charge >= 0.3 is 0 Å². The first kappa shape index (κ1) is 25.5. The number of aliphatic hydroxyl groups is 2. The van der Waals surface area contributed by atoms with E-state index >= 15 is 0 Å². The Kier molecular flexibility index (Phi) is 6.67. The molecular weight excluding hydrogens is 488 g/mol. The Balaban J connectivity index is 1.88. The van der Waals surface area contributed by atoms with Crippen LogP contribution in [0.25, 0.3) is 0 Å². The molecule has 0 aromatic heterocycles. The molecule has 2 aliphatic rings. The predicted octanol–water partition coefficient (Wildman–Crippen LogP) is 2.53. The van der Waals surface area contributed by atoms with Crippen LogP contribution in [0, 0.1) is 0 Å². The van der Waals surface area contributed by atoms with Crippen LogP contribution in [0.3, 0.4) is 0 Å². The number of alkyl halides is 8. The maximum absolute atomic E-state index is 13.3. The average Bonchev–Trinajstić information content (AvgIpc) is 3.32. The molecule has 186 valence electrons. The maximum Gasteiger partial charge on any atom is 0.287 e. The van der Waals surface area contributed by atoms with Crippen molar-refractivity contribution in [3.05, 3.63) is 35.4 Å². The lowest BCUT2D eigenvalue weighted by atomic mass is 10.0. The molecule has 0 aliphatic carbocycles. The second-order valence-corrected chi connectivity index (χ2v) is 7.31. The zero-order chi connectivity index (χ0) is 25.6.